The molecule has 1 aliphatic rings. The minimum absolute atomic E-state index is 0.563. The van der Waals surface area contributed by atoms with E-state index in [0.717, 1.165) is 26.0 Å². The predicted octanol–water partition coefficient (Wildman–Crippen LogP) is 3.19. The second kappa shape index (κ2) is 6.24. The van der Waals surface area contributed by atoms with Gasteiger partial charge in [0.1, 0.15) is 5.75 Å². The largest absolute Gasteiger partial charge is 0.493 e. The fourth-order valence-corrected chi connectivity index (χ4v) is 2.50. The second-order valence-corrected chi connectivity index (χ2v) is 5.73. The number of hydrogen-bond acceptors (Lipinski definition) is 2. The van der Waals surface area contributed by atoms with Crippen LogP contribution in [0.3, 0.4) is 0 Å². The first-order valence-electron chi connectivity index (χ1n) is 7.13. The van der Waals surface area contributed by atoms with Crippen molar-refractivity contribution in [3.05, 3.63) is 29.3 Å². The molecule has 1 aromatic carbocycles. The third kappa shape index (κ3) is 3.49. The molecule has 1 unspecified atom stereocenters. The van der Waals surface area contributed by atoms with E-state index in [1.54, 1.807) is 0 Å². The molecule has 0 saturated carbocycles. The molecule has 1 N–H and O–H groups in total. The van der Waals surface area contributed by atoms with Crippen LogP contribution in [-0.2, 0) is 12.8 Å². The smallest absolute Gasteiger partial charge is 0.125 e. The van der Waals surface area contributed by atoms with Gasteiger partial charge in [-0.15, -0.1) is 0 Å². The fourth-order valence-electron chi connectivity index (χ4n) is 2.50. The predicted molar refractivity (Wildman–Crippen MR) is 76.3 cm³/mol. The minimum atomic E-state index is 0.563. The van der Waals surface area contributed by atoms with Crippen LogP contribution in [0.15, 0.2) is 18.2 Å². The van der Waals surface area contributed by atoms with Crippen molar-refractivity contribution < 1.29 is 4.74 Å². The summed E-state index contributed by atoms with van der Waals surface area (Å²) in [7, 11) is 0. The SMILES string of the molecule is CC(CNC(C)C)Cc1cccc2c1OCCC2. The maximum atomic E-state index is 5.86. The van der Waals surface area contributed by atoms with Gasteiger partial charge in [0.2, 0.25) is 0 Å². The van der Waals surface area contributed by atoms with Gasteiger partial charge in [0, 0.05) is 6.04 Å². The number of para-hydroxylation sites is 1. The lowest BCUT2D eigenvalue weighted by molar-refractivity contribution is 0.283. The van der Waals surface area contributed by atoms with E-state index in [1.165, 1.54) is 23.3 Å². The Morgan fingerprint density at radius 2 is 2.11 bits per heavy atom. The first kappa shape index (κ1) is 13.4. The van der Waals surface area contributed by atoms with E-state index in [4.69, 9.17) is 4.74 Å². The number of nitrogens with one attached hydrogen (secondary N) is 1. The van der Waals surface area contributed by atoms with Gasteiger partial charge in [-0.05, 0) is 42.9 Å². The van der Waals surface area contributed by atoms with E-state index in [-0.39, 0.29) is 0 Å². The van der Waals surface area contributed by atoms with E-state index in [9.17, 15) is 0 Å². The molecular weight excluding hydrogens is 222 g/mol. The van der Waals surface area contributed by atoms with Gasteiger partial charge in [-0.3, -0.25) is 0 Å². The van der Waals surface area contributed by atoms with Crippen LogP contribution < -0.4 is 10.1 Å². The van der Waals surface area contributed by atoms with Crippen LogP contribution in [0.5, 0.6) is 5.75 Å². The molecule has 1 heterocycles. The molecule has 0 aromatic heterocycles. The third-order valence-corrected chi connectivity index (χ3v) is 3.46. The molecule has 0 fully saturated rings. The summed E-state index contributed by atoms with van der Waals surface area (Å²) in [5.41, 5.74) is 2.77. The second-order valence-electron chi connectivity index (χ2n) is 5.73. The number of ether oxygens (including phenoxy) is 1. The van der Waals surface area contributed by atoms with Gasteiger partial charge in [0.05, 0.1) is 6.61 Å². The van der Waals surface area contributed by atoms with Crippen molar-refractivity contribution in [2.45, 2.75) is 46.1 Å². The quantitative estimate of drug-likeness (QED) is 0.863. The lowest BCUT2D eigenvalue weighted by Crippen LogP contribution is -2.28. The summed E-state index contributed by atoms with van der Waals surface area (Å²) >= 11 is 0. The highest BCUT2D eigenvalue weighted by Gasteiger charge is 2.15. The number of benzene rings is 1. The van der Waals surface area contributed by atoms with Gasteiger partial charge in [0.25, 0.3) is 0 Å². The van der Waals surface area contributed by atoms with Crippen LogP contribution in [0.25, 0.3) is 0 Å². The lowest BCUT2D eigenvalue weighted by atomic mass is 9.95. The maximum Gasteiger partial charge on any atom is 0.125 e. The summed E-state index contributed by atoms with van der Waals surface area (Å²) in [6, 6.07) is 7.16. The Labute approximate surface area is 111 Å². The van der Waals surface area contributed by atoms with E-state index >= 15 is 0 Å². The Morgan fingerprint density at radius 1 is 1.28 bits per heavy atom. The molecular formula is C16H25NO. The molecule has 2 nitrogen and oxygen atoms in total. The molecule has 1 atom stereocenters. The molecule has 2 rings (SSSR count). The van der Waals surface area contributed by atoms with Crippen molar-refractivity contribution in [1.82, 2.24) is 5.32 Å². The van der Waals surface area contributed by atoms with Gasteiger partial charge in [-0.1, -0.05) is 39.0 Å². The summed E-state index contributed by atoms with van der Waals surface area (Å²) in [4.78, 5) is 0. The third-order valence-electron chi connectivity index (χ3n) is 3.46. The summed E-state index contributed by atoms with van der Waals surface area (Å²) < 4.78 is 5.86. The van der Waals surface area contributed by atoms with Crippen molar-refractivity contribution in [2.75, 3.05) is 13.2 Å². The monoisotopic (exact) mass is 247 g/mol. The van der Waals surface area contributed by atoms with Crippen LogP contribution in [0, 0.1) is 5.92 Å². The average molecular weight is 247 g/mol. The molecule has 0 aliphatic carbocycles. The number of rotatable bonds is 5. The number of hydrogen-bond donors (Lipinski definition) is 1. The first-order chi connectivity index (χ1) is 8.66. The maximum absolute atomic E-state index is 5.86. The van der Waals surface area contributed by atoms with Crippen LogP contribution >= 0.6 is 0 Å². The van der Waals surface area contributed by atoms with E-state index in [1.807, 2.05) is 0 Å². The summed E-state index contributed by atoms with van der Waals surface area (Å²) in [5.74, 6) is 1.81. The van der Waals surface area contributed by atoms with E-state index in [0.29, 0.717) is 12.0 Å². The Kier molecular flexibility index (Phi) is 4.65. The van der Waals surface area contributed by atoms with Crippen LogP contribution in [0.2, 0.25) is 0 Å². The molecule has 0 spiro atoms. The zero-order valence-electron chi connectivity index (χ0n) is 11.8. The van der Waals surface area contributed by atoms with Crippen LogP contribution in [0.1, 0.15) is 38.3 Å². The highest BCUT2D eigenvalue weighted by atomic mass is 16.5. The van der Waals surface area contributed by atoms with Crippen molar-refractivity contribution in [3.8, 4) is 5.75 Å². The number of fused-ring (bicyclic) bond motifs is 1. The summed E-state index contributed by atoms with van der Waals surface area (Å²) in [6.45, 7) is 8.64. The van der Waals surface area contributed by atoms with Crippen LogP contribution in [-0.4, -0.2) is 19.2 Å². The Bertz CT molecular complexity index is 387. The van der Waals surface area contributed by atoms with Crippen LogP contribution in [0.4, 0.5) is 0 Å². The molecule has 100 valence electrons. The highest BCUT2D eigenvalue weighted by Crippen LogP contribution is 2.30. The van der Waals surface area contributed by atoms with Crippen molar-refractivity contribution >= 4 is 0 Å². The lowest BCUT2D eigenvalue weighted by Gasteiger charge is -2.22. The zero-order valence-corrected chi connectivity index (χ0v) is 11.8. The van der Waals surface area contributed by atoms with Gasteiger partial charge in [-0.25, -0.2) is 0 Å². The first-order valence-corrected chi connectivity index (χ1v) is 7.13. The zero-order chi connectivity index (χ0) is 13.0. The normalized spacial score (nSPS) is 16.2. The van der Waals surface area contributed by atoms with Gasteiger partial charge in [0.15, 0.2) is 0 Å². The van der Waals surface area contributed by atoms with Crippen molar-refractivity contribution in [1.29, 1.82) is 0 Å². The van der Waals surface area contributed by atoms with Crippen molar-refractivity contribution in [3.63, 3.8) is 0 Å². The van der Waals surface area contributed by atoms with Gasteiger partial charge < -0.3 is 10.1 Å². The Balaban J connectivity index is 2.00. The minimum Gasteiger partial charge on any atom is -0.493 e. The topological polar surface area (TPSA) is 21.3 Å². The number of aryl methyl sites for hydroxylation is 1. The van der Waals surface area contributed by atoms with E-state index < -0.39 is 0 Å². The fraction of sp³-hybridized carbons (Fsp3) is 0.625. The van der Waals surface area contributed by atoms with Crippen molar-refractivity contribution in [2.24, 2.45) is 5.92 Å². The summed E-state index contributed by atoms with van der Waals surface area (Å²) in [6.07, 6.45) is 3.42. The molecule has 0 radical (unpaired) electrons. The molecule has 0 bridgehead atoms. The summed E-state index contributed by atoms with van der Waals surface area (Å²) in [5, 5.41) is 3.50. The molecule has 0 saturated heterocycles. The Morgan fingerprint density at radius 3 is 2.89 bits per heavy atom. The standard InChI is InChI=1S/C16H25NO/c1-12(2)17-11-13(3)10-15-7-4-6-14-8-5-9-18-16(14)15/h4,6-7,12-13,17H,5,8-11H2,1-3H3. The molecule has 2 heteroatoms. The van der Waals surface area contributed by atoms with Gasteiger partial charge in [-0.2, -0.15) is 0 Å². The molecule has 1 aromatic rings. The molecule has 18 heavy (non-hydrogen) atoms. The molecule has 1 aliphatic heterocycles. The Hall–Kier alpha value is -1.02. The van der Waals surface area contributed by atoms with E-state index in [2.05, 4.69) is 44.3 Å². The van der Waals surface area contributed by atoms with Gasteiger partial charge >= 0.3 is 0 Å². The molecule has 0 amide bonds. The highest BCUT2D eigenvalue weighted by molar-refractivity contribution is 5.43. The average Bonchev–Trinajstić information content (AvgIpc) is 2.37.